The number of carboxylic acids is 1. The third kappa shape index (κ3) is 4.90. The van der Waals surface area contributed by atoms with Crippen LogP contribution in [0.1, 0.15) is 44.1 Å². The van der Waals surface area contributed by atoms with Gasteiger partial charge in [0.05, 0.1) is 16.1 Å². The van der Waals surface area contributed by atoms with Crippen LogP contribution in [0.4, 0.5) is 11.6 Å². The minimum absolute atomic E-state index is 0.142. The topological polar surface area (TPSA) is 112 Å². The quantitative estimate of drug-likeness (QED) is 0.437. The minimum atomic E-state index is -4.06. The molecular weight excluding hydrogens is 500 g/mol. The highest BCUT2D eigenvalue weighted by molar-refractivity contribution is 7.92. The Hall–Kier alpha value is -3.17. The van der Waals surface area contributed by atoms with E-state index in [1.165, 1.54) is 12.1 Å². The molecule has 2 aromatic heterocycles. The monoisotopic (exact) mass is 526 g/mol. The van der Waals surface area contributed by atoms with E-state index in [4.69, 9.17) is 11.6 Å². The number of aromatic nitrogens is 2. The van der Waals surface area contributed by atoms with Gasteiger partial charge in [0, 0.05) is 18.7 Å². The number of pyridine rings is 2. The summed E-state index contributed by atoms with van der Waals surface area (Å²) in [6.45, 7) is 2.57. The largest absolute Gasteiger partial charge is 0.481 e. The van der Waals surface area contributed by atoms with E-state index in [0.29, 0.717) is 41.8 Å². The standard InChI is InChI=1S/C26H27ClN4O4S/c1-26(25(32)33)14-5-15-31(16-26)22-8-4-9-23(29-22)36(34,35)30-21-13-12-20(27)24(28-21)19-7-3-2-6-18(19)17-10-11-17/h2-4,6-9,12-13,17H,5,10-11,14-16H2,1H3,(H,28,30)(H,32,33)/t26-/m1/s1. The molecule has 5 rings (SSSR count). The van der Waals surface area contributed by atoms with E-state index in [2.05, 4.69) is 20.8 Å². The van der Waals surface area contributed by atoms with Gasteiger partial charge >= 0.3 is 5.97 Å². The number of aliphatic carboxylic acids is 1. The van der Waals surface area contributed by atoms with Crippen molar-refractivity contribution >= 4 is 39.2 Å². The first kappa shape index (κ1) is 24.5. The smallest absolute Gasteiger partial charge is 0.311 e. The summed E-state index contributed by atoms with van der Waals surface area (Å²) in [6.07, 6.45) is 3.48. The Morgan fingerprint density at radius 2 is 1.89 bits per heavy atom. The number of nitrogens with one attached hydrogen (secondary N) is 1. The number of piperidine rings is 1. The number of carboxylic acid groups (broad SMARTS) is 1. The van der Waals surface area contributed by atoms with Crippen molar-refractivity contribution < 1.29 is 18.3 Å². The highest BCUT2D eigenvalue weighted by Crippen LogP contribution is 2.45. The van der Waals surface area contributed by atoms with Crippen LogP contribution in [0.5, 0.6) is 0 Å². The first-order valence-electron chi connectivity index (χ1n) is 11.9. The first-order chi connectivity index (χ1) is 17.2. The van der Waals surface area contributed by atoms with Gasteiger partial charge < -0.3 is 10.0 Å². The van der Waals surface area contributed by atoms with E-state index in [1.54, 1.807) is 25.1 Å². The lowest BCUT2D eigenvalue weighted by Crippen LogP contribution is -2.46. The number of nitrogens with zero attached hydrogens (tertiary/aromatic N) is 3. The third-order valence-electron chi connectivity index (χ3n) is 6.84. The van der Waals surface area contributed by atoms with Crippen molar-refractivity contribution in [2.45, 2.75) is 43.6 Å². The van der Waals surface area contributed by atoms with E-state index in [9.17, 15) is 18.3 Å². The molecule has 0 amide bonds. The molecule has 1 aliphatic heterocycles. The van der Waals surface area contributed by atoms with Crippen LogP contribution in [0.3, 0.4) is 0 Å². The molecular formula is C26H27ClN4O4S. The van der Waals surface area contributed by atoms with Crippen molar-refractivity contribution in [3.8, 4) is 11.3 Å². The lowest BCUT2D eigenvalue weighted by Gasteiger charge is -2.38. The zero-order valence-corrected chi connectivity index (χ0v) is 21.4. The molecule has 1 saturated heterocycles. The molecule has 1 atom stereocenters. The van der Waals surface area contributed by atoms with Gasteiger partial charge in [-0.15, -0.1) is 0 Å². The van der Waals surface area contributed by atoms with Gasteiger partial charge in [0.1, 0.15) is 11.6 Å². The summed E-state index contributed by atoms with van der Waals surface area (Å²) in [5.74, 6) is 0.173. The molecule has 3 heterocycles. The molecule has 1 saturated carbocycles. The Kier molecular flexibility index (Phi) is 6.38. The molecule has 8 nitrogen and oxygen atoms in total. The van der Waals surface area contributed by atoms with Crippen LogP contribution >= 0.6 is 11.6 Å². The molecule has 0 radical (unpaired) electrons. The van der Waals surface area contributed by atoms with Crippen molar-refractivity contribution in [1.29, 1.82) is 0 Å². The highest BCUT2D eigenvalue weighted by Gasteiger charge is 2.38. The Balaban J connectivity index is 1.41. The fraction of sp³-hybridized carbons (Fsp3) is 0.346. The second-order valence-corrected chi connectivity index (χ2v) is 11.8. The fourth-order valence-electron chi connectivity index (χ4n) is 4.68. The van der Waals surface area contributed by atoms with Gasteiger partial charge in [0.25, 0.3) is 10.0 Å². The zero-order chi connectivity index (χ0) is 25.5. The second-order valence-electron chi connectivity index (χ2n) is 9.72. The molecule has 1 aromatic carbocycles. The lowest BCUT2D eigenvalue weighted by atomic mass is 9.82. The normalized spacial score (nSPS) is 20.2. The van der Waals surface area contributed by atoms with E-state index in [1.807, 2.05) is 23.1 Å². The summed E-state index contributed by atoms with van der Waals surface area (Å²) in [4.78, 5) is 22.5. The number of hydrogen-bond acceptors (Lipinski definition) is 6. The summed E-state index contributed by atoms with van der Waals surface area (Å²) in [5, 5.41) is 9.89. The van der Waals surface area contributed by atoms with Crippen molar-refractivity contribution in [2.75, 3.05) is 22.7 Å². The van der Waals surface area contributed by atoms with Crippen molar-refractivity contribution in [2.24, 2.45) is 5.41 Å². The Morgan fingerprint density at radius 3 is 2.64 bits per heavy atom. The van der Waals surface area contributed by atoms with E-state index >= 15 is 0 Å². The summed E-state index contributed by atoms with van der Waals surface area (Å²) >= 11 is 6.47. The zero-order valence-electron chi connectivity index (χ0n) is 19.8. The number of benzene rings is 1. The second kappa shape index (κ2) is 9.37. The molecule has 188 valence electrons. The van der Waals surface area contributed by atoms with Crippen molar-refractivity contribution in [1.82, 2.24) is 9.97 Å². The Labute approximate surface area is 215 Å². The molecule has 10 heteroatoms. The van der Waals surface area contributed by atoms with Crippen LogP contribution in [0.25, 0.3) is 11.3 Å². The van der Waals surface area contributed by atoms with Gasteiger partial charge in [-0.05, 0) is 68.4 Å². The fourth-order valence-corrected chi connectivity index (χ4v) is 5.85. The number of carbonyl (C=O) groups is 1. The molecule has 2 N–H and O–H groups in total. The summed E-state index contributed by atoms with van der Waals surface area (Å²) in [5.41, 5.74) is 1.68. The van der Waals surface area contributed by atoms with Crippen molar-refractivity contribution in [3.05, 3.63) is 65.2 Å². The van der Waals surface area contributed by atoms with Gasteiger partial charge in [0.15, 0.2) is 5.03 Å². The number of anilines is 2. The van der Waals surface area contributed by atoms with Crippen molar-refractivity contribution in [3.63, 3.8) is 0 Å². The Bertz CT molecular complexity index is 1430. The summed E-state index contributed by atoms with van der Waals surface area (Å²) in [6, 6.07) is 15.8. The number of halogens is 1. The van der Waals surface area contributed by atoms with Crippen LogP contribution in [-0.4, -0.2) is 42.6 Å². The predicted molar refractivity (Wildman–Crippen MR) is 139 cm³/mol. The molecule has 2 aliphatic rings. The average Bonchev–Trinajstić information content (AvgIpc) is 3.71. The first-order valence-corrected chi connectivity index (χ1v) is 13.8. The maximum atomic E-state index is 13.2. The third-order valence-corrected chi connectivity index (χ3v) is 8.40. The molecule has 1 aliphatic carbocycles. The summed E-state index contributed by atoms with van der Waals surface area (Å²) in [7, 11) is -4.06. The van der Waals surface area contributed by atoms with E-state index < -0.39 is 21.4 Å². The van der Waals surface area contributed by atoms with Crippen LogP contribution in [0, 0.1) is 5.41 Å². The molecule has 3 aromatic rings. The van der Waals surface area contributed by atoms with Crippen LogP contribution < -0.4 is 9.62 Å². The molecule has 36 heavy (non-hydrogen) atoms. The van der Waals surface area contributed by atoms with Gasteiger partial charge in [-0.25, -0.2) is 9.97 Å². The lowest BCUT2D eigenvalue weighted by molar-refractivity contribution is -0.148. The van der Waals surface area contributed by atoms with E-state index in [0.717, 1.165) is 24.0 Å². The van der Waals surface area contributed by atoms with Crippen LogP contribution in [-0.2, 0) is 14.8 Å². The maximum absolute atomic E-state index is 13.2. The Morgan fingerprint density at radius 1 is 1.11 bits per heavy atom. The average molecular weight is 527 g/mol. The molecule has 0 spiro atoms. The van der Waals surface area contributed by atoms with Gasteiger partial charge in [-0.3, -0.25) is 9.52 Å². The maximum Gasteiger partial charge on any atom is 0.311 e. The molecule has 2 fully saturated rings. The van der Waals surface area contributed by atoms with Crippen LogP contribution in [0.2, 0.25) is 5.02 Å². The minimum Gasteiger partial charge on any atom is -0.481 e. The number of rotatable bonds is 7. The van der Waals surface area contributed by atoms with Gasteiger partial charge in [-0.1, -0.05) is 41.9 Å². The highest BCUT2D eigenvalue weighted by atomic mass is 35.5. The molecule has 0 bridgehead atoms. The number of hydrogen-bond donors (Lipinski definition) is 2. The predicted octanol–water partition coefficient (Wildman–Crippen LogP) is 5.17. The summed E-state index contributed by atoms with van der Waals surface area (Å²) < 4.78 is 29.0. The molecule has 0 unspecified atom stereocenters. The van der Waals surface area contributed by atoms with E-state index in [-0.39, 0.29) is 17.4 Å². The number of sulfonamides is 1. The van der Waals surface area contributed by atoms with Crippen LogP contribution in [0.15, 0.2) is 59.6 Å². The SMILES string of the molecule is C[C@@]1(C(=O)O)CCCN(c2cccc(S(=O)(=O)Nc3ccc(Cl)c(-c4ccccc4C4CC4)n3)n2)C1. The van der Waals surface area contributed by atoms with Gasteiger partial charge in [-0.2, -0.15) is 8.42 Å². The van der Waals surface area contributed by atoms with Gasteiger partial charge in [0.2, 0.25) is 0 Å².